The van der Waals surface area contributed by atoms with Gasteiger partial charge in [-0.3, -0.25) is 30.0 Å². The Balaban J connectivity index is 1.88. The Morgan fingerprint density at radius 3 is 2.71 bits per heavy atom. The van der Waals surface area contributed by atoms with E-state index < -0.39 is 5.91 Å². The van der Waals surface area contributed by atoms with Gasteiger partial charge in [0, 0.05) is 12.7 Å². The summed E-state index contributed by atoms with van der Waals surface area (Å²) in [6, 6.07) is 7.06. The Morgan fingerprint density at radius 2 is 2.00 bits per heavy atom. The fraction of sp³-hybridized carbons (Fsp3) is 0.188. The van der Waals surface area contributed by atoms with Crippen LogP contribution in [0.15, 0.2) is 41.5 Å². The number of aryl methyl sites for hydroxylation is 1. The molecule has 122 valence electrons. The molecule has 0 fully saturated rings. The monoisotopic (exact) mass is 324 g/mol. The maximum absolute atomic E-state index is 12.5. The first kappa shape index (κ1) is 15.6. The Kier molecular flexibility index (Phi) is 4.19. The van der Waals surface area contributed by atoms with Gasteiger partial charge in [-0.05, 0) is 26.0 Å². The van der Waals surface area contributed by atoms with Crippen LogP contribution in [0, 0.1) is 6.92 Å². The van der Waals surface area contributed by atoms with Gasteiger partial charge in [-0.25, -0.2) is 9.97 Å². The number of fused-ring (bicyclic) bond motifs is 1. The second-order valence-corrected chi connectivity index (χ2v) is 5.12. The second-order valence-electron chi connectivity index (χ2n) is 5.12. The highest BCUT2D eigenvalue weighted by Crippen LogP contribution is 2.10. The van der Waals surface area contributed by atoms with Crippen molar-refractivity contribution < 1.29 is 4.79 Å². The van der Waals surface area contributed by atoms with Crippen molar-refractivity contribution in [2.45, 2.75) is 20.4 Å². The normalized spacial score (nSPS) is 10.6. The van der Waals surface area contributed by atoms with Crippen molar-refractivity contribution in [2.24, 2.45) is 0 Å². The van der Waals surface area contributed by atoms with Crippen molar-refractivity contribution in [1.82, 2.24) is 24.9 Å². The van der Waals surface area contributed by atoms with E-state index in [1.54, 1.807) is 31.2 Å². The molecule has 3 aromatic rings. The van der Waals surface area contributed by atoms with Crippen molar-refractivity contribution in [2.75, 3.05) is 5.43 Å². The molecule has 1 aromatic carbocycles. The lowest BCUT2D eigenvalue weighted by atomic mass is 10.2. The average molecular weight is 324 g/mol. The number of hydrogen-bond acceptors (Lipinski definition) is 6. The van der Waals surface area contributed by atoms with Crippen molar-refractivity contribution in [3.63, 3.8) is 0 Å². The highest BCUT2D eigenvalue weighted by atomic mass is 16.2. The minimum absolute atomic E-state index is 0.166. The highest BCUT2D eigenvalue weighted by Gasteiger charge is 2.12. The van der Waals surface area contributed by atoms with Gasteiger partial charge in [0.25, 0.3) is 11.5 Å². The van der Waals surface area contributed by atoms with Crippen LogP contribution in [-0.4, -0.2) is 25.4 Å². The van der Waals surface area contributed by atoms with Crippen LogP contribution in [0.25, 0.3) is 10.9 Å². The predicted octanol–water partition coefficient (Wildman–Crippen LogP) is 1.27. The predicted molar refractivity (Wildman–Crippen MR) is 89.5 cm³/mol. The van der Waals surface area contributed by atoms with Crippen molar-refractivity contribution in [3.8, 4) is 0 Å². The van der Waals surface area contributed by atoms with Gasteiger partial charge in [0.1, 0.15) is 5.69 Å². The molecule has 2 heterocycles. The molecule has 0 atom stereocenters. The number of amides is 1. The largest absolute Gasteiger partial charge is 0.289 e. The van der Waals surface area contributed by atoms with E-state index in [1.165, 1.54) is 17.0 Å². The summed E-state index contributed by atoms with van der Waals surface area (Å²) in [5.41, 5.74) is 6.45. The molecule has 0 spiro atoms. The number of benzene rings is 1. The van der Waals surface area contributed by atoms with Gasteiger partial charge in [-0.1, -0.05) is 12.1 Å². The Hall–Kier alpha value is -3.29. The maximum Gasteiger partial charge on any atom is 0.289 e. The van der Waals surface area contributed by atoms with Crippen LogP contribution >= 0.6 is 0 Å². The standard InChI is InChI=1S/C16H16N6O2/c1-3-22-15(24)11-6-4-5-7-12(11)19-16(22)21-20-14(23)13-9-17-10(2)8-18-13/h4-9H,3H2,1-2H3,(H,19,21)(H,20,23). The molecule has 24 heavy (non-hydrogen) atoms. The van der Waals surface area contributed by atoms with E-state index in [0.717, 1.165) is 5.69 Å². The lowest BCUT2D eigenvalue weighted by Crippen LogP contribution is -2.34. The molecule has 2 aromatic heterocycles. The fourth-order valence-electron chi connectivity index (χ4n) is 2.24. The number of anilines is 1. The molecule has 8 nitrogen and oxygen atoms in total. The van der Waals surface area contributed by atoms with Crippen LogP contribution in [0.2, 0.25) is 0 Å². The minimum atomic E-state index is -0.465. The summed E-state index contributed by atoms with van der Waals surface area (Å²) >= 11 is 0. The van der Waals surface area contributed by atoms with E-state index in [0.29, 0.717) is 17.4 Å². The summed E-state index contributed by atoms with van der Waals surface area (Å²) in [5.74, 6) is -0.206. The molecular weight excluding hydrogens is 308 g/mol. The molecule has 0 unspecified atom stereocenters. The van der Waals surface area contributed by atoms with Crippen LogP contribution in [0.3, 0.4) is 0 Å². The fourth-order valence-corrected chi connectivity index (χ4v) is 2.24. The summed E-state index contributed by atoms with van der Waals surface area (Å²) in [5, 5.41) is 0.528. The van der Waals surface area contributed by atoms with Crippen molar-refractivity contribution >= 4 is 22.8 Å². The number of nitrogens with zero attached hydrogens (tertiary/aromatic N) is 4. The van der Waals surface area contributed by atoms with Gasteiger partial charge in [0.05, 0.1) is 22.8 Å². The van der Waals surface area contributed by atoms with Crippen LogP contribution in [0.4, 0.5) is 5.95 Å². The van der Waals surface area contributed by atoms with Crippen molar-refractivity contribution in [3.05, 3.63) is 58.4 Å². The van der Waals surface area contributed by atoms with Gasteiger partial charge in [0.15, 0.2) is 0 Å². The summed E-state index contributed by atoms with van der Waals surface area (Å²) in [4.78, 5) is 37.0. The molecule has 0 aliphatic rings. The molecular formula is C16H16N6O2. The average Bonchev–Trinajstić information content (AvgIpc) is 2.60. The minimum Gasteiger partial charge on any atom is -0.277 e. The molecule has 0 aliphatic carbocycles. The zero-order valence-corrected chi connectivity index (χ0v) is 13.3. The number of carbonyl (C=O) groups is 1. The summed E-state index contributed by atoms with van der Waals surface area (Å²) in [6.45, 7) is 4.03. The highest BCUT2D eigenvalue weighted by molar-refractivity contribution is 5.92. The van der Waals surface area contributed by atoms with E-state index in [9.17, 15) is 9.59 Å². The molecule has 2 N–H and O–H groups in total. The van der Waals surface area contributed by atoms with Gasteiger partial charge in [0.2, 0.25) is 5.95 Å². The maximum atomic E-state index is 12.5. The zero-order chi connectivity index (χ0) is 17.1. The van der Waals surface area contributed by atoms with E-state index in [-0.39, 0.29) is 17.2 Å². The van der Waals surface area contributed by atoms with E-state index in [2.05, 4.69) is 25.8 Å². The van der Waals surface area contributed by atoms with Gasteiger partial charge in [-0.2, -0.15) is 0 Å². The lowest BCUT2D eigenvalue weighted by molar-refractivity contribution is 0.0956. The van der Waals surface area contributed by atoms with E-state index in [1.807, 2.05) is 6.92 Å². The van der Waals surface area contributed by atoms with Gasteiger partial charge in [-0.15, -0.1) is 0 Å². The van der Waals surface area contributed by atoms with E-state index in [4.69, 9.17) is 0 Å². The van der Waals surface area contributed by atoms with Crippen molar-refractivity contribution in [1.29, 1.82) is 0 Å². The van der Waals surface area contributed by atoms with Gasteiger partial charge < -0.3 is 0 Å². The number of carbonyl (C=O) groups excluding carboxylic acids is 1. The second kappa shape index (κ2) is 6.45. The first-order valence-electron chi connectivity index (χ1n) is 7.44. The number of nitrogens with one attached hydrogen (secondary N) is 2. The summed E-state index contributed by atoms with van der Waals surface area (Å²) in [6.07, 6.45) is 2.89. The van der Waals surface area contributed by atoms with Crippen LogP contribution in [-0.2, 0) is 6.54 Å². The number of aromatic nitrogens is 4. The SMILES string of the molecule is CCn1c(NNC(=O)c2cnc(C)cn2)nc2ccccc2c1=O. The van der Waals surface area contributed by atoms with Crippen LogP contribution < -0.4 is 16.4 Å². The number of para-hydroxylation sites is 1. The van der Waals surface area contributed by atoms with Crippen LogP contribution in [0.1, 0.15) is 23.1 Å². The zero-order valence-electron chi connectivity index (χ0n) is 13.3. The molecule has 1 amide bonds. The molecule has 3 rings (SSSR count). The summed E-state index contributed by atoms with van der Waals surface area (Å²) in [7, 11) is 0. The third kappa shape index (κ3) is 2.94. The Bertz CT molecular complexity index is 949. The lowest BCUT2D eigenvalue weighted by Gasteiger charge is -2.13. The molecule has 8 heteroatoms. The third-order valence-corrected chi connectivity index (χ3v) is 3.48. The van der Waals surface area contributed by atoms with Gasteiger partial charge >= 0.3 is 0 Å². The number of hydrogen-bond donors (Lipinski definition) is 2. The molecule has 0 aliphatic heterocycles. The van der Waals surface area contributed by atoms with E-state index >= 15 is 0 Å². The molecule has 0 bridgehead atoms. The third-order valence-electron chi connectivity index (χ3n) is 3.48. The topological polar surface area (TPSA) is 102 Å². The first-order chi connectivity index (χ1) is 11.6. The quantitative estimate of drug-likeness (QED) is 0.701. The number of hydrazine groups is 1. The molecule has 0 saturated carbocycles. The summed E-state index contributed by atoms with van der Waals surface area (Å²) < 4.78 is 1.45. The Morgan fingerprint density at radius 1 is 1.21 bits per heavy atom. The first-order valence-corrected chi connectivity index (χ1v) is 7.44. The van der Waals surface area contributed by atoms with Crippen LogP contribution in [0.5, 0.6) is 0 Å². The molecule has 0 radical (unpaired) electrons. The molecule has 0 saturated heterocycles. The Labute approximate surface area is 137 Å². The number of rotatable bonds is 4. The smallest absolute Gasteiger partial charge is 0.277 e.